The molecule has 0 spiro atoms. The molecule has 5 nitrogen and oxygen atoms in total. The van der Waals surface area contributed by atoms with Crippen LogP contribution in [0.4, 0.5) is 0 Å². The van der Waals surface area contributed by atoms with Gasteiger partial charge in [-0.15, -0.1) is 0 Å². The van der Waals surface area contributed by atoms with E-state index in [2.05, 4.69) is 0 Å². The number of esters is 1. The summed E-state index contributed by atoms with van der Waals surface area (Å²) in [6, 6.07) is 14.8. The van der Waals surface area contributed by atoms with Crippen molar-refractivity contribution in [3.8, 4) is 11.5 Å². The number of carbonyl (C=O) groups excluding carboxylic acids is 1. The van der Waals surface area contributed by atoms with Crippen molar-refractivity contribution in [2.45, 2.75) is 12.8 Å². The molecular weight excluding hydrogens is 339 g/mol. The Morgan fingerprint density at radius 3 is 2.28 bits per heavy atom. The average Bonchev–Trinajstić information content (AvgIpc) is 2.60. The van der Waals surface area contributed by atoms with E-state index in [0.29, 0.717) is 17.7 Å². The standard InChI is InChI=1S/C19H23O5P/c1-22-17-10-9-16(11-18(17)23-2)13-25(3,21)14-19(20)24-12-15-7-5-4-6-8-15/h4-11H,12-14H2,1-3H3. The van der Waals surface area contributed by atoms with Crippen LogP contribution in [0.25, 0.3) is 0 Å². The van der Waals surface area contributed by atoms with Crippen LogP contribution in [0, 0.1) is 0 Å². The Kier molecular flexibility index (Phi) is 6.65. The summed E-state index contributed by atoms with van der Waals surface area (Å²) in [5.74, 6) is 0.737. The fraction of sp³-hybridized carbons (Fsp3) is 0.316. The highest BCUT2D eigenvalue weighted by Crippen LogP contribution is 2.46. The van der Waals surface area contributed by atoms with Crippen molar-refractivity contribution in [2.24, 2.45) is 0 Å². The van der Waals surface area contributed by atoms with E-state index in [9.17, 15) is 9.36 Å². The van der Waals surface area contributed by atoms with Gasteiger partial charge in [0.25, 0.3) is 0 Å². The first-order valence-corrected chi connectivity index (χ1v) is 10.4. The average molecular weight is 362 g/mol. The van der Waals surface area contributed by atoms with Crippen molar-refractivity contribution in [2.75, 3.05) is 27.0 Å². The van der Waals surface area contributed by atoms with Gasteiger partial charge in [-0.2, -0.15) is 0 Å². The summed E-state index contributed by atoms with van der Waals surface area (Å²) in [5.41, 5.74) is 1.74. The molecule has 2 aromatic carbocycles. The van der Waals surface area contributed by atoms with Crippen LogP contribution in [0.15, 0.2) is 48.5 Å². The summed E-state index contributed by atoms with van der Waals surface area (Å²) in [7, 11) is 0.394. The lowest BCUT2D eigenvalue weighted by Crippen LogP contribution is -2.11. The van der Waals surface area contributed by atoms with Crippen molar-refractivity contribution in [3.63, 3.8) is 0 Å². The number of benzene rings is 2. The van der Waals surface area contributed by atoms with Gasteiger partial charge in [0.1, 0.15) is 6.61 Å². The molecule has 134 valence electrons. The minimum atomic E-state index is -2.72. The van der Waals surface area contributed by atoms with Crippen LogP contribution in [0.1, 0.15) is 11.1 Å². The van der Waals surface area contributed by atoms with Crippen molar-refractivity contribution in [3.05, 3.63) is 59.7 Å². The van der Waals surface area contributed by atoms with Crippen LogP contribution in [-0.4, -0.2) is 33.0 Å². The molecule has 6 heteroatoms. The lowest BCUT2D eigenvalue weighted by molar-refractivity contribution is -0.141. The fourth-order valence-corrected chi connectivity index (χ4v) is 4.20. The predicted octanol–water partition coefficient (Wildman–Crippen LogP) is 3.94. The van der Waals surface area contributed by atoms with Crippen LogP contribution in [0.2, 0.25) is 0 Å². The Hall–Kier alpha value is -2.26. The summed E-state index contributed by atoms with van der Waals surface area (Å²) in [6.07, 6.45) is 0.210. The molecule has 0 aliphatic rings. The molecule has 0 N–H and O–H groups in total. The largest absolute Gasteiger partial charge is 0.493 e. The Labute approximate surface area is 148 Å². The Morgan fingerprint density at radius 2 is 1.64 bits per heavy atom. The van der Waals surface area contributed by atoms with Crippen molar-refractivity contribution >= 4 is 13.1 Å². The second-order valence-electron chi connectivity index (χ2n) is 5.95. The summed E-state index contributed by atoms with van der Waals surface area (Å²) in [4.78, 5) is 12.0. The van der Waals surface area contributed by atoms with Crippen molar-refractivity contribution in [1.82, 2.24) is 0 Å². The van der Waals surface area contributed by atoms with Crippen molar-refractivity contribution < 1.29 is 23.6 Å². The van der Waals surface area contributed by atoms with E-state index in [4.69, 9.17) is 14.2 Å². The number of ether oxygens (including phenoxy) is 3. The number of rotatable bonds is 8. The maximum absolute atomic E-state index is 12.8. The molecule has 0 fully saturated rings. The molecule has 0 saturated carbocycles. The third kappa shape index (κ3) is 5.95. The van der Waals surface area contributed by atoms with Crippen LogP contribution < -0.4 is 9.47 Å². The van der Waals surface area contributed by atoms with Gasteiger partial charge < -0.3 is 18.8 Å². The van der Waals surface area contributed by atoms with Gasteiger partial charge in [0, 0.05) is 6.16 Å². The van der Waals surface area contributed by atoms with Crippen LogP contribution in [0.5, 0.6) is 11.5 Å². The third-order valence-electron chi connectivity index (χ3n) is 3.67. The van der Waals surface area contributed by atoms with E-state index in [0.717, 1.165) is 11.1 Å². The summed E-state index contributed by atoms with van der Waals surface area (Å²) < 4.78 is 28.5. The molecule has 25 heavy (non-hydrogen) atoms. The molecule has 0 bridgehead atoms. The molecule has 0 radical (unpaired) electrons. The molecule has 2 rings (SSSR count). The lowest BCUT2D eigenvalue weighted by Gasteiger charge is -2.14. The zero-order chi connectivity index (χ0) is 18.3. The van der Waals surface area contributed by atoms with E-state index in [-0.39, 0.29) is 12.8 Å². The summed E-state index contributed by atoms with van der Waals surface area (Å²) >= 11 is 0. The second-order valence-corrected chi connectivity index (χ2v) is 9.17. The zero-order valence-corrected chi connectivity index (χ0v) is 15.6. The van der Waals surface area contributed by atoms with Gasteiger partial charge in [-0.05, 0) is 29.9 Å². The number of carbonyl (C=O) groups is 1. The van der Waals surface area contributed by atoms with Crippen LogP contribution in [0.3, 0.4) is 0 Å². The molecule has 0 aliphatic heterocycles. The van der Waals surface area contributed by atoms with Gasteiger partial charge in [0.05, 0.1) is 27.5 Å². The highest BCUT2D eigenvalue weighted by molar-refractivity contribution is 7.63. The van der Waals surface area contributed by atoms with Gasteiger partial charge >= 0.3 is 5.97 Å². The Balaban J connectivity index is 1.94. The molecule has 0 saturated heterocycles. The molecular formula is C19H23O5P. The Morgan fingerprint density at radius 1 is 0.960 bits per heavy atom. The van der Waals surface area contributed by atoms with Crippen molar-refractivity contribution in [1.29, 1.82) is 0 Å². The quantitative estimate of drug-likeness (QED) is 0.526. The van der Waals surface area contributed by atoms with E-state index >= 15 is 0 Å². The van der Waals surface area contributed by atoms with Gasteiger partial charge in [-0.3, -0.25) is 4.79 Å². The lowest BCUT2D eigenvalue weighted by atomic mass is 10.2. The predicted molar refractivity (Wildman–Crippen MR) is 97.9 cm³/mol. The maximum Gasteiger partial charge on any atom is 0.313 e. The Bertz CT molecular complexity index is 758. The molecule has 0 aromatic heterocycles. The molecule has 1 atom stereocenters. The number of methoxy groups -OCH3 is 2. The van der Waals surface area contributed by atoms with Gasteiger partial charge in [-0.25, -0.2) is 0 Å². The van der Waals surface area contributed by atoms with Gasteiger partial charge in [-0.1, -0.05) is 36.4 Å². The van der Waals surface area contributed by atoms with Gasteiger partial charge in [0.2, 0.25) is 0 Å². The number of hydrogen-bond acceptors (Lipinski definition) is 5. The van der Waals surface area contributed by atoms with Crippen LogP contribution >= 0.6 is 7.14 Å². The normalized spacial score (nSPS) is 12.9. The summed E-state index contributed by atoms with van der Waals surface area (Å²) in [5, 5.41) is 0. The first-order valence-electron chi connectivity index (χ1n) is 7.89. The van der Waals surface area contributed by atoms with E-state index in [1.807, 2.05) is 36.4 Å². The highest BCUT2D eigenvalue weighted by Gasteiger charge is 2.22. The van der Waals surface area contributed by atoms with E-state index in [1.165, 1.54) is 0 Å². The number of hydrogen-bond donors (Lipinski definition) is 0. The highest BCUT2D eigenvalue weighted by atomic mass is 31.2. The van der Waals surface area contributed by atoms with E-state index < -0.39 is 13.1 Å². The first-order chi connectivity index (χ1) is 11.9. The molecule has 0 aliphatic carbocycles. The molecule has 1 unspecified atom stereocenters. The first kappa shape index (κ1) is 19.1. The van der Waals surface area contributed by atoms with E-state index in [1.54, 1.807) is 33.0 Å². The minimum absolute atomic E-state index is 0.0891. The third-order valence-corrected chi connectivity index (χ3v) is 5.63. The van der Waals surface area contributed by atoms with Gasteiger partial charge in [0.15, 0.2) is 11.5 Å². The molecule has 0 amide bonds. The smallest absolute Gasteiger partial charge is 0.313 e. The summed E-state index contributed by atoms with van der Waals surface area (Å²) in [6.45, 7) is 1.81. The zero-order valence-electron chi connectivity index (χ0n) is 14.7. The van der Waals surface area contributed by atoms with Crippen LogP contribution in [-0.2, 0) is 26.9 Å². The minimum Gasteiger partial charge on any atom is -0.493 e. The topological polar surface area (TPSA) is 61.8 Å². The molecule has 2 aromatic rings. The maximum atomic E-state index is 12.8. The monoisotopic (exact) mass is 362 g/mol. The molecule has 0 heterocycles. The second kappa shape index (κ2) is 8.72. The SMILES string of the molecule is COc1ccc(CP(C)(=O)CC(=O)OCc2ccccc2)cc1OC. The fourth-order valence-electron chi connectivity index (χ4n) is 2.48.